The number of carbonyl (C=O) groups is 1. The largest absolute Gasteiger partial charge is 0.355 e. The summed E-state index contributed by atoms with van der Waals surface area (Å²) < 4.78 is 2.16. The Morgan fingerprint density at radius 2 is 1.84 bits per heavy atom. The number of aromatic nitrogens is 2. The normalized spacial score (nSPS) is 26.1. The van der Waals surface area contributed by atoms with Crippen LogP contribution < -0.4 is 10.5 Å². The molecule has 5 rings (SSSR count). The SMILES string of the molecule is C[C@@H]1C[C@@H](C)CN(c2nc3ccccn3c(=O)c2/C=C2/SC(=S)N(C3CCCC3)C2=O)C1. The minimum Gasteiger partial charge on any atom is -0.355 e. The third-order valence-corrected chi connectivity index (χ3v) is 8.04. The molecule has 1 amide bonds. The monoisotopic (exact) mass is 468 g/mol. The molecule has 168 valence electrons. The second-order valence-corrected chi connectivity index (χ2v) is 11.1. The fourth-order valence-electron chi connectivity index (χ4n) is 5.38. The van der Waals surface area contributed by atoms with Gasteiger partial charge in [-0.1, -0.05) is 56.7 Å². The van der Waals surface area contributed by atoms with Gasteiger partial charge in [-0.05, 0) is 49.3 Å². The number of amides is 1. The molecule has 0 N–H and O–H groups in total. The van der Waals surface area contributed by atoms with Crippen molar-refractivity contribution in [1.29, 1.82) is 0 Å². The molecule has 4 heterocycles. The zero-order valence-corrected chi connectivity index (χ0v) is 20.1. The lowest BCUT2D eigenvalue weighted by Gasteiger charge is -2.36. The van der Waals surface area contributed by atoms with Gasteiger partial charge in [0.25, 0.3) is 11.5 Å². The van der Waals surface area contributed by atoms with Crippen LogP contribution in [-0.2, 0) is 4.79 Å². The quantitative estimate of drug-likeness (QED) is 0.494. The van der Waals surface area contributed by atoms with Crippen LogP contribution in [0.4, 0.5) is 5.82 Å². The number of nitrogens with zero attached hydrogens (tertiary/aromatic N) is 4. The molecule has 2 atom stereocenters. The van der Waals surface area contributed by atoms with Gasteiger partial charge in [0.2, 0.25) is 0 Å². The van der Waals surface area contributed by atoms with Crippen LogP contribution in [0.2, 0.25) is 0 Å². The van der Waals surface area contributed by atoms with Gasteiger partial charge < -0.3 is 4.90 Å². The molecular weight excluding hydrogens is 440 g/mol. The molecule has 2 saturated heterocycles. The Balaban J connectivity index is 1.61. The van der Waals surface area contributed by atoms with Gasteiger partial charge in [-0.25, -0.2) is 4.98 Å². The molecule has 32 heavy (non-hydrogen) atoms. The third-order valence-electron chi connectivity index (χ3n) is 6.71. The number of hydrogen-bond acceptors (Lipinski definition) is 6. The Morgan fingerprint density at radius 1 is 1.12 bits per heavy atom. The van der Waals surface area contributed by atoms with E-state index >= 15 is 0 Å². The zero-order valence-electron chi connectivity index (χ0n) is 18.5. The lowest BCUT2D eigenvalue weighted by atomic mass is 9.91. The van der Waals surface area contributed by atoms with E-state index in [1.54, 1.807) is 21.6 Å². The molecule has 0 aromatic carbocycles. The minimum absolute atomic E-state index is 0.0733. The van der Waals surface area contributed by atoms with Crippen molar-refractivity contribution >= 4 is 51.7 Å². The van der Waals surface area contributed by atoms with Gasteiger partial charge in [0.1, 0.15) is 15.8 Å². The summed E-state index contributed by atoms with van der Waals surface area (Å²) in [4.78, 5) is 36.2. The van der Waals surface area contributed by atoms with Crippen molar-refractivity contribution in [2.24, 2.45) is 11.8 Å². The number of piperidine rings is 1. The van der Waals surface area contributed by atoms with E-state index in [1.807, 2.05) is 18.2 Å². The summed E-state index contributed by atoms with van der Waals surface area (Å²) in [5, 5.41) is 0. The Kier molecular flexibility index (Phi) is 5.84. The highest BCUT2D eigenvalue weighted by Crippen LogP contribution is 2.38. The average Bonchev–Trinajstić information content (AvgIpc) is 3.37. The van der Waals surface area contributed by atoms with Crippen molar-refractivity contribution in [3.05, 3.63) is 45.2 Å². The molecule has 1 aliphatic carbocycles. The van der Waals surface area contributed by atoms with Crippen molar-refractivity contribution < 1.29 is 4.79 Å². The Hall–Kier alpha value is -2.19. The van der Waals surface area contributed by atoms with Gasteiger partial charge >= 0.3 is 0 Å². The first kappa shape index (κ1) is 21.6. The second-order valence-electron chi connectivity index (χ2n) is 9.42. The number of pyridine rings is 1. The maximum atomic E-state index is 13.6. The molecule has 1 saturated carbocycles. The van der Waals surface area contributed by atoms with Gasteiger partial charge in [-0.2, -0.15) is 0 Å². The van der Waals surface area contributed by atoms with Crippen molar-refractivity contribution in [2.75, 3.05) is 18.0 Å². The highest BCUT2D eigenvalue weighted by molar-refractivity contribution is 8.26. The average molecular weight is 469 g/mol. The van der Waals surface area contributed by atoms with Crippen LogP contribution in [0.3, 0.4) is 0 Å². The summed E-state index contributed by atoms with van der Waals surface area (Å²) in [6, 6.07) is 5.75. The summed E-state index contributed by atoms with van der Waals surface area (Å²) in [6.07, 6.45) is 8.89. The number of thioether (sulfide) groups is 1. The van der Waals surface area contributed by atoms with Crippen LogP contribution in [0.5, 0.6) is 0 Å². The van der Waals surface area contributed by atoms with Crippen LogP contribution in [0.1, 0.15) is 51.5 Å². The van der Waals surface area contributed by atoms with Crippen LogP contribution in [-0.4, -0.2) is 43.6 Å². The molecule has 3 aliphatic rings. The Labute approximate surface area is 197 Å². The summed E-state index contributed by atoms with van der Waals surface area (Å²) in [5.74, 6) is 1.63. The predicted molar refractivity (Wildman–Crippen MR) is 134 cm³/mol. The van der Waals surface area contributed by atoms with Crippen LogP contribution in [0.25, 0.3) is 11.7 Å². The van der Waals surface area contributed by atoms with E-state index in [0.717, 1.165) is 38.8 Å². The summed E-state index contributed by atoms with van der Waals surface area (Å²) in [7, 11) is 0. The maximum absolute atomic E-state index is 13.6. The Morgan fingerprint density at radius 3 is 2.56 bits per heavy atom. The van der Waals surface area contributed by atoms with Crippen LogP contribution in [0, 0.1) is 11.8 Å². The molecule has 0 unspecified atom stereocenters. The smallest absolute Gasteiger partial charge is 0.267 e. The number of hydrogen-bond donors (Lipinski definition) is 0. The molecule has 2 aromatic heterocycles. The number of thiocarbonyl (C=S) groups is 1. The van der Waals surface area contributed by atoms with E-state index in [2.05, 4.69) is 18.7 Å². The molecule has 3 fully saturated rings. The van der Waals surface area contributed by atoms with Gasteiger partial charge in [0.15, 0.2) is 0 Å². The van der Waals surface area contributed by atoms with Gasteiger partial charge in [-0.3, -0.25) is 18.9 Å². The van der Waals surface area contributed by atoms with E-state index in [0.29, 0.717) is 38.1 Å². The molecule has 8 heteroatoms. The van der Waals surface area contributed by atoms with Crippen LogP contribution >= 0.6 is 24.0 Å². The summed E-state index contributed by atoms with van der Waals surface area (Å²) in [6.45, 7) is 6.18. The van der Waals surface area contributed by atoms with Gasteiger partial charge in [0.05, 0.1) is 10.5 Å². The first-order valence-corrected chi connectivity index (χ1v) is 12.7. The zero-order chi connectivity index (χ0) is 22.4. The van der Waals surface area contributed by atoms with E-state index in [4.69, 9.17) is 17.2 Å². The molecule has 0 spiro atoms. The fraction of sp³-hybridized carbons (Fsp3) is 0.500. The molecule has 6 nitrogen and oxygen atoms in total. The van der Waals surface area contributed by atoms with Crippen molar-refractivity contribution in [2.45, 2.75) is 52.0 Å². The first-order chi connectivity index (χ1) is 15.4. The van der Waals surface area contributed by atoms with Crippen molar-refractivity contribution in [3.63, 3.8) is 0 Å². The summed E-state index contributed by atoms with van der Waals surface area (Å²) in [5.41, 5.74) is 0.943. The molecule has 2 aromatic rings. The van der Waals surface area contributed by atoms with Gasteiger partial charge in [0, 0.05) is 25.3 Å². The fourth-order valence-corrected chi connectivity index (χ4v) is 6.76. The Bertz CT molecular complexity index is 1160. The lowest BCUT2D eigenvalue weighted by Crippen LogP contribution is -2.40. The van der Waals surface area contributed by atoms with E-state index in [-0.39, 0.29) is 17.5 Å². The van der Waals surface area contributed by atoms with Crippen LogP contribution in [0.15, 0.2) is 34.1 Å². The standard InChI is InChI=1S/C24H28N4O2S2/c1-15-11-16(2)14-26(13-15)21-18(22(29)27-10-6-5-9-20(27)25-21)12-19-23(30)28(24(31)32-19)17-7-3-4-8-17/h5-6,9-10,12,15-17H,3-4,7-8,11,13-14H2,1-2H3/b19-12+/t15-,16-/m1/s1. The number of fused-ring (bicyclic) bond motifs is 1. The first-order valence-electron chi connectivity index (χ1n) is 11.5. The van der Waals surface area contributed by atoms with Crippen molar-refractivity contribution in [1.82, 2.24) is 14.3 Å². The van der Waals surface area contributed by atoms with Gasteiger partial charge in [-0.15, -0.1) is 0 Å². The van der Waals surface area contributed by atoms with Crippen molar-refractivity contribution in [3.8, 4) is 0 Å². The molecule has 0 radical (unpaired) electrons. The maximum Gasteiger partial charge on any atom is 0.267 e. The highest BCUT2D eigenvalue weighted by Gasteiger charge is 2.38. The molecule has 2 aliphatic heterocycles. The minimum atomic E-state index is -0.150. The molecule has 0 bridgehead atoms. The third kappa shape index (κ3) is 3.88. The highest BCUT2D eigenvalue weighted by atomic mass is 32.2. The topological polar surface area (TPSA) is 57.9 Å². The second kappa shape index (κ2) is 8.63. The van der Waals surface area contributed by atoms with E-state index < -0.39 is 0 Å². The van der Waals surface area contributed by atoms with E-state index in [9.17, 15) is 9.59 Å². The molecular formula is C24H28N4O2S2. The summed E-state index contributed by atoms with van der Waals surface area (Å²) >= 11 is 6.87. The van der Waals surface area contributed by atoms with E-state index in [1.165, 1.54) is 18.2 Å². The number of rotatable bonds is 3. The number of anilines is 1. The predicted octanol–water partition coefficient (Wildman–Crippen LogP) is 4.32. The number of carbonyl (C=O) groups excluding carboxylic acids is 1. The lowest BCUT2D eigenvalue weighted by molar-refractivity contribution is -0.123.